The number of benzene rings is 1. The first-order valence-corrected chi connectivity index (χ1v) is 6.72. The maximum atomic E-state index is 13.5. The standard InChI is InChI=1S/C15H19FN2O/c1-10(19)8-18-14-4-3-11(16)7-12(14)13-9-17(2)6-5-15(13)18/h3-4,7,10,19H,5-6,8-9H2,1-2H3/t10-/m0/s1. The molecule has 2 aromatic rings. The molecule has 19 heavy (non-hydrogen) atoms. The molecule has 1 aliphatic rings. The van der Waals surface area contributed by atoms with Crippen molar-refractivity contribution in [2.24, 2.45) is 0 Å². The van der Waals surface area contributed by atoms with Crippen LogP contribution in [0, 0.1) is 5.82 Å². The third-order valence-electron chi connectivity index (χ3n) is 3.85. The molecule has 1 atom stereocenters. The number of hydrogen-bond acceptors (Lipinski definition) is 2. The minimum absolute atomic E-state index is 0.197. The van der Waals surface area contributed by atoms with E-state index in [1.54, 1.807) is 13.0 Å². The summed E-state index contributed by atoms with van der Waals surface area (Å²) in [6.45, 7) is 4.21. The third kappa shape index (κ3) is 2.15. The Kier molecular flexibility index (Phi) is 3.07. The van der Waals surface area contributed by atoms with Crippen LogP contribution in [0.1, 0.15) is 18.2 Å². The summed E-state index contributed by atoms with van der Waals surface area (Å²) in [6.07, 6.45) is 0.555. The summed E-state index contributed by atoms with van der Waals surface area (Å²) in [4.78, 5) is 2.25. The number of aliphatic hydroxyl groups is 1. The van der Waals surface area contributed by atoms with E-state index >= 15 is 0 Å². The first-order chi connectivity index (χ1) is 9.06. The second-order valence-electron chi connectivity index (χ2n) is 5.53. The summed E-state index contributed by atoms with van der Waals surface area (Å²) in [5.41, 5.74) is 3.49. The molecule has 1 aromatic heterocycles. The zero-order valence-electron chi connectivity index (χ0n) is 11.4. The Bertz CT molecular complexity index is 618. The largest absolute Gasteiger partial charge is 0.392 e. The molecule has 0 unspecified atom stereocenters. The Labute approximate surface area is 112 Å². The van der Waals surface area contributed by atoms with Gasteiger partial charge in [0.2, 0.25) is 0 Å². The Balaban J connectivity index is 2.23. The van der Waals surface area contributed by atoms with Gasteiger partial charge in [0.05, 0.1) is 6.10 Å². The highest BCUT2D eigenvalue weighted by Crippen LogP contribution is 2.31. The third-order valence-corrected chi connectivity index (χ3v) is 3.85. The van der Waals surface area contributed by atoms with E-state index in [-0.39, 0.29) is 5.82 Å². The van der Waals surface area contributed by atoms with Crippen molar-refractivity contribution in [3.63, 3.8) is 0 Å². The second-order valence-corrected chi connectivity index (χ2v) is 5.53. The monoisotopic (exact) mass is 262 g/mol. The Morgan fingerprint density at radius 3 is 2.95 bits per heavy atom. The predicted molar refractivity (Wildman–Crippen MR) is 73.6 cm³/mol. The van der Waals surface area contributed by atoms with Crippen LogP contribution in [0.15, 0.2) is 18.2 Å². The molecule has 3 rings (SSSR count). The smallest absolute Gasteiger partial charge is 0.123 e. The molecular formula is C15H19FN2O. The highest BCUT2D eigenvalue weighted by atomic mass is 19.1. The highest BCUT2D eigenvalue weighted by Gasteiger charge is 2.22. The van der Waals surface area contributed by atoms with E-state index in [0.29, 0.717) is 6.54 Å². The molecular weight excluding hydrogens is 243 g/mol. The molecule has 102 valence electrons. The molecule has 0 bridgehead atoms. The summed E-state index contributed by atoms with van der Waals surface area (Å²) in [5, 5.41) is 10.7. The Hall–Kier alpha value is -1.39. The maximum absolute atomic E-state index is 13.5. The number of likely N-dealkylation sites (N-methyl/N-ethyl adjacent to an activating group) is 1. The minimum atomic E-state index is -0.399. The van der Waals surface area contributed by atoms with Crippen LogP contribution in [0.4, 0.5) is 4.39 Å². The minimum Gasteiger partial charge on any atom is -0.392 e. The van der Waals surface area contributed by atoms with Gasteiger partial charge in [0, 0.05) is 42.7 Å². The molecule has 0 saturated heterocycles. The highest BCUT2D eigenvalue weighted by molar-refractivity contribution is 5.86. The zero-order chi connectivity index (χ0) is 13.6. The molecule has 0 fully saturated rings. The molecule has 2 heterocycles. The Morgan fingerprint density at radius 1 is 1.42 bits per heavy atom. The van der Waals surface area contributed by atoms with Gasteiger partial charge in [-0.1, -0.05) is 0 Å². The van der Waals surface area contributed by atoms with Crippen LogP contribution in [-0.2, 0) is 19.5 Å². The van der Waals surface area contributed by atoms with E-state index in [1.165, 1.54) is 17.3 Å². The maximum Gasteiger partial charge on any atom is 0.123 e. The number of aliphatic hydroxyl groups excluding tert-OH is 1. The average Bonchev–Trinajstić information content (AvgIpc) is 2.62. The lowest BCUT2D eigenvalue weighted by atomic mass is 10.0. The molecule has 1 aliphatic heterocycles. The number of hydrogen-bond donors (Lipinski definition) is 1. The van der Waals surface area contributed by atoms with E-state index in [2.05, 4.69) is 16.5 Å². The lowest BCUT2D eigenvalue weighted by Gasteiger charge is -2.24. The zero-order valence-corrected chi connectivity index (χ0v) is 11.4. The van der Waals surface area contributed by atoms with Crippen LogP contribution in [0.5, 0.6) is 0 Å². The molecule has 0 saturated carbocycles. The van der Waals surface area contributed by atoms with Crippen LogP contribution in [0.2, 0.25) is 0 Å². The average molecular weight is 262 g/mol. The Morgan fingerprint density at radius 2 is 2.21 bits per heavy atom. The van der Waals surface area contributed by atoms with Crippen LogP contribution < -0.4 is 0 Å². The van der Waals surface area contributed by atoms with Gasteiger partial charge in [-0.2, -0.15) is 0 Å². The summed E-state index contributed by atoms with van der Waals surface area (Å²) >= 11 is 0. The van der Waals surface area contributed by atoms with Crippen molar-refractivity contribution < 1.29 is 9.50 Å². The van der Waals surface area contributed by atoms with Gasteiger partial charge >= 0.3 is 0 Å². The topological polar surface area (TPSA) is 28.4 Å². The molecule has 1 aromatic carbocycles. The first-order valence-electron chi connectivity index (χ1n) is 6.72. The van der Waals surface area contributed by atoms with Gasteiger partial charge in [0.25, 0.3) is 0 Å². The fraction of sp³-hybridized carbons (Fsp3) is 0.467. The van der Waals surface area contributed by atoms with Crippen molar-refractivity contribution in [1.29, 1.82) is 0 Å². The van der Waals surface area contributed by atoms with Gasteiger partial charge in [-0.3, -0.25) is 0 Å². The number of rotatable bonds is 2. The van der Waals surface area contributed by atoms with Crippen LogP contribution in [0.3, 0.4) is 0 Å². The van der Waals surface area contributed by atoms with Gasteiger partial charge in [0.1, 0.15) is 5.82 Å². The summed E-state index contributed by atoms with van der Waals surface area (Å²) in [6, 6.07) is 4.94. The van der Waals surface area contributed by atoms with Gasteiger partial charge < -0.3 is 14.6 Å². The fourth-order valence-electron chi connectivity index (χ4n) is 3.03. The quantitative estimate of drug-likeness (QED) is 0.898. The molecule has 0 amide bonds. The van der Waals surface area contributed by atoms with Gasteiger partial charge in [-0.05, 0) is 37.7 Å². The summed E-state index contributed by atoms with van der Waals surface area (Å²) in [7, 11) is 2.08. The van der Waals surface area contributed by atoms with Gasteiger partial charge in [0.15, 0.2) is 0 Å². The van der Waals surface area contributed by atoms with E-state index < -0.39 is 6.10 Å². The second kappa shape index (κ2) is 4.62. The molecule has 0 spiro atoms. The summed E-state index contributed by atoms with van der Waals surface area (Å²) < 4.78 is 15.7. The van der Waals surface area contributed by atoms with Crippen molar-refractivity contribution in [3.05, 3.63) is 35.3 Å². The van der Waals surface area contributed by atoms with Crippen molar-refractivity contribution in [2.45, 2.75) is 32.5 Å². The predicted octanol–water partition coefficient (Wildman–Crippen LogP) is 2.15. The molecule has 0 radical (unpaired) electrons. The van der Waals surface area contributed by atoms with Gasteiger partial charge in [-0.25, -0.2) is 4.39 Å². The van der Waals surface area contributed by atoms with E-state index in [1.807, 2.05) is 6.07 Å². The lowest BCUT2D eigenvalue weighted by Crippen LogP contribution is -2.28. The molecule has 0 aliphatic carbocycles. The molecule has 1 N–H and O–H groups in total. The van der Waals surface area contributed by atoms with Crippen LogP contribution in [0.25, 0.3) is 10.9 Å². The molecule has 3 nitrogen and oxygen atoms in total. The van der Waals surface area contributed by atoms with Crippen molar-refractivity contribution in [1.82, 2.24) is 9.47 Å². The van der Waals surface area contributed by atoms with Crippen molar-refractivity contribution >= 4 is 10.9 Å². The van der Waals surface area contributed by atoms with Crippen LogP contribution >= 0.6 is 0 Å². The first kappa shape index (κ1) is 12.6. The van der Waals surface area contributed by atoms with E-state index in [4.69, 9.17) is 0 Å². The van der Waals surface area contributed by atoms with Crippen LogP contribution in [-0.4, -0.2) is 34.3 Å². The van der Waals surface area contributed by atoms with E-state index in [9.17, 15) is 9.50 Å². The van der Waals surface area contributed by atoms with Crippen molar-refractivity contribution in [2.75, 3.05) is 13.6 Å². The lowest BCUT2D eigenvalue weighted by molar-refractivity contribution is 0.173. The molecule has 4 heteroatoms. The SMILES string of the molecule is C[C@H](O)Cn1c2c(c3cc(F)ccc31)CN(C)CC2. The number of aromatic nitrogens is 1. The van der Waals surface area contributed by atoms with Crippen molar-refractivity contribution in [3.8, 4) is 0 Å². The summed E-state index contributed by atoms with van der Waals surface area (Å²) in [5.74, 6) is -0.197. The fourth-order valence-corrected chi connectivity index (χ4v) is 3.03. The normalized spacial score (nSPS) is 17.7. The number of nitrogens with zero attached hydrogens (tertiary/aromatic N) is 2. The number of halogens is 1. The van der Waals surface area contributed by atoms with E-state index in [0.717, 1.165) is 30.4 Å². The van der Waals surface area contributed by atoms with Gasteiger partial charge in [-0.15, -0.1) is 0 Å². The number of fused-ring (bicyclic) bond motifs is 3.